The molecule has 0 aliphatic heterocycles. The second-order valence-corrected chi connectivity index (χ2v) is 7.03. The Balaban J connectivity index is 1.42. The Kier molecular flexibility index (Phi) is 5.71. The molecule has 0 bridgehead atoms. The zero-order chi connectivity index (χ0) is 20.2. The Morgan fingerprint density at radius 1 is 1.38 bits per heavy atom. The summed E-state index contributed by atoms with van der Waals surface area (Å²) in [5.74, 6) is 1.13. The average Bonchev–Trinajstić information content (AvgIpc) is 3.48. The number of benzene rings is 1. The van der Waals surface area contributed by atoms with Gasteiger partial charge in [0.05, 0.1) is 31.0 Å². The van der Waals surface area contributed by atoms with E-state index in [4.69, 9.17) is 9.26 Å². The maximum absolute atomic E-state index is 12.6. The highest BCUT2D eigenvalue weighted by molar-refractivity contribution is 5.94. The SMILES string of the molecule is CCOCCn1cc(C(=O)NC2CCc3cc(-c4noc(CC)n4)ccc32)cn1. The Hall–Kier alpha value is -3.00. The highest BCUT2D eigenvalue weighted by Gasteiger charge is 2.25. The molecule has 1 aliphatic rings. The van der Waals surface area contributed by atoms with Crippen molar-refractivity contribution in [2.45, 2.75) is 45.7 Å². The molecule has 1 aliphatic carbocycles. The molecule has 4 rings (SSSR count). The normalized spacial score (nSPS) is 15.4. The van der Waals surface area contributed by atoms with Crippen LogP contribution in [0.5, 0.6) is 0 Å². The zero-order valence-electron chi connectivity index (χ0n) is 16.7. The summed E-state index contributed by atoms with van der Waals surface area (Å²) in [6.45, 7) is 5.82. The van der Waals surface area contributed by atoms with E-state index < -0.39 is 0 Å². The molecule has 1 amide bonds. The fourth-order valence-electron chi connectivity index (χ4n) is 3.57. The van der Waals surface area contributed by atoms with Crippen LogP contribution in [0.3, 0.4) is 0 Å². The van der Waals surface area contributed by atoms with Crippen molar-refractivity contribution in [2.24, 2.45) is 0 Å². The molecule has 0 saturated carbocycles. The average molecular weight is 395 g/mol. The van der Waals surface area contributed by atoms with Gasteiger partial charge in [0.2, 0.25) is 11.7 Å². The van der Waals surface area contributed by atoms with Gasteiger partial charge in [0, 0.05) is 24.8 Å². The minimum atomic E-state index is -0.111. The van der Waals surface area contributed by atoms with Gasteiger partial charge in [0.1, 0.15) is 0 Å². The van der Waals surface area contributed by atoms with Crippen LogP contribution in [-0.4, -0.2) is 39.0 Å². The van der Waals surface area contributed by atoms with Gasteiger partial charge in [-0.25, -0.2) is 0 Å². The summed E-state index contributed by atoms with van der Waals surface area (Å²) < 4.78 is 12.3. The number of rotatable bonds is 8. The fraction of sp³-hybridized carbons (Fsp3) is 0.429. The third kappa shape index (κ3) is 4.22. The maximum atomic E-state index is 12.6. The van der Waals surface area contributed by atoms with Crippen LogP contribution in [0, 0.1) is 0 Å². The van der Waals surface area contributed by atoms with Gasteiger partial charge in [-0.2, -0.15) is 10.1 Å². The van der Waals surface area contributed by atoms with Crippen LogP contribution in [0.1, 0.15) is 53.7 Å². The lowest BCUT2D eigenvalue weighted by molar-refractivity contribution is 0.0936. The molecule has 0 fully saturated rings. The molecule has 1 aromatic carbocycles. The van der Waals surface area contributed by atoms with Crippen molar-refractivity contribution >= 4 is 5.91 Å². The van der Waals surface area contributed by atoms with E-state index in [2.05, 4.69) is 32.7 Å². The molecule has 1 atom stereocenters. The molecule has 0 spiro atoms. The van der Waals surface area contributed by atoms with Crippen molar-refractivity contribution in [2.75, 3.05) is 13.2 Å². The first-order valence-corrected chi connectivity index (χ1v) is 10.0. The van der Waals surface area contributed by atoms with Gasteiger partial charge in [-0.15, -0.1) is 0 Å². The molecule has 0 radical (unpaired) electrons. The maximum Gasteiger partial charge on any atom is 0.254 e. The quantitative estimate of drug-likeness (QED) is 0.589. The van der Waals surface area contributed by atoms with E-state index in [1.807, 2.05) is 19.9 Å². The molecule has 8 heteroatoms. The summed E-state index contributed by atoms with van der Waals surface area (Å²) in [5.41, 5.74) is 3.85. The third-order valence-corrected chi connectivity index (χ3v) is 5.12. The number of nitrogens with zero attached hydrogens (tertiary/aromatic N) is 4. The summed E-state index contributed by atoms with van der Waals surface area (Å²) in [5, 5.41) is 11.4. The minimum absolute atomic E-state index is 0.00482. The summed E-state index contributed by atoms with van der Waals surface area (Å²) in [6.07, 6.45) is 5.85. The van der Waals surface area contributed by atoms with Gasteiger partial charge >= 0.3 is 0 Å². The molecule has 0 saturated heterocycles. The van der Waals surface area contributed by atoms with Gasteiger partial charge in [-0.05, 0) is 37.0 Å². The second kappa shape index (κ2) is 8.57. The van der Waals surface area contributed by atoms with Crippen LogP contribution in [-0.2, 0) is 24.1 Å². The van der Waals surface area contributed by atoms with Crippen molar-refractivity contribution in [1.82, 2.24) is 25.2 Å². The molecule has 3 aromatic rings. The number of carbonyl (C=O) groups excluding carboxylic acids is 1. The first kappa shape index (κ1) is 19.3. The Morgan fingerprint density at radius 2 is 2.28 bits per heavy atom. The van der Waals surface area contributed by atoms with E-state index in [0.29, 0.717) is 43.5 Å². The summed E-state index contributed by atoms with van der Waals surface area (Å²) >= 11 is 0. The lowest BCUT2D eigenvalue weighted by atomic mass is 10.0. The smallest absolute Gasteiger partial charge is 0.254 e. The number of carbonyl (C=O) groups is 1. The van der Waals surface area contributed by atoms with Gasteiger partial charge in [0.25, 0.3) is 5.91 Å². The number of fused-ring (bicyclic) bond motifs is 1. The molecule has 152 valence electrons. The summed E-state index contributed by atoms with van der Waals surface area (Å²) in [6, 6.07) is 6.13. The van der Waals surface area contributed by atoms with Crippen molar-refractivity contribution in [3.05, 3.63) is 53.2 Å². The molecule has 1 N–H and O–H groups in total. The lowest BCUT2D eigenvalue weighted by Crippen LogP contribution is -2.26. The van der Waals surface area contributed by atoms with Crippen molar-refractivity contribution < 1.29 is 14.1 Å². The predicted molar refractivity (Wildman–Crippen MR) is 106 cm³/mol. The zero-order valence-corrected chi connectivity index (χ0v) is 16.7. The van der Waals surface area contributed by atoms with E-state index in [-0.39, 0.29) is 11.9 Å². The van der Waals surface area contributed by atoms with E-state index in [1.165, 1.54) is 5.56 Å². The first-order chi connectivity index (χ1) is 14.2. The van der Waals surface area contributed by atoms with Crippen LogP contribution in [0.2, 0.25) is 0 Å². The molecule has 8 nitrogen and oxygen atoms in total. The second-order valence-electron chi connectivity index (χ2n) is 7.03. The lowest BCUT2D eigenvalue weighted by Gasteiger charge is -2.13. The first-order valence-electron chi connectivity index (χ1n) is 10.0. The van der Waals surface area contributed by atoms with E-state index in [9.17, 15) is 4.79 Å². The number of ether oxygens (including phenoxy) is 1. The van der Waals surface area contributed by atoms with Crippen LogP contribution in [0.25, 0.3) is 11.4 Å². The number of nitrogens with one attached hydrogen (secondary N) is 1. The summed E-state index contributed by atoms with van der Waals surface area (Å²) in [4.78, 5) is 17.0. The number of aryl methyl sites for hydroxylation is 2. The van der Waals surface area contributed by atoms with Gasteiger partial charge < -0.3 is 14.6 Å². The fourth-order valence-corrected chi connectivity index (χ4v) is 3.57. The van der Waals surface area contributed by atoms with Crippen LogP contribution in [0.15, 0.2) is 35.1 Å². The highest BCUT2D eigenvalue weighted by atomic mass is 16.5. The van der Waals surface area contributed by atoms with Crippen molar-refractivity contribution in [1.29, 1.82) is 0 Å². The van der Waals surface area contributed by atoms with Crippen molar-refractivity contribution in [3.63, 3.8) is 0 Å². The van der Waals surface area contributed by atoms with Crippen LogP contribution in [0.4, 0.5) is 0 Å². The van der Waals surface area contributed by atoms with E-state index in [0.717, 1.165) is 24.0 Å². The third-order valence-electron chi connectivity index (χ3n) is 5.12. The molecular formula is C21H25N5O3. The van der Waals surface area contributed by atoms with Crippen molar-refractivity contribution in [3.8, 4) is 11.4 Å². The number of aromatic nitrogens is 4. The predicted octanol–water partition coefficient (Wildman–Crippen LogP) is 2.95. The highest BCUT2D eigenvalue weighted by Crippen LogP contribution is 2.34. The molecule has 29 heavy (non-hydrogen) atoms. The van der Waals surface area contributed by atoms with E-state index in [1.54, 1.807) is 17.1 Å². The van der Waals surface area contributed by atoms with Crippen LogP contribution < -0.4 is 5.32 Å². The molecular weight excluding hydrogens is 370 g/mol. The number of hydrogen-bond donors (Lipinski definition) is 1. The Morgan fingerprint density at radius 3 is 3.07 bits per heavy atom. The van der Waals surface area contributed by atoms with Crippen LogP contribution >= 0.6 is 0 Å². The monoisotopic (exact) mass is 395 g/mol. The Bertz CT molecular complexity index is 994. The molecule has 2 heterocycles. The largest absolute Gasteiger partial charge is 0.380 e. The molecule has 2 aromatic heterocycles. The summed E-state index contributed by atoms with van der Waals surface area (Å²) in [7, 11) is 0. The Labute approximate surface area is 169 Å². The van der Waals surface area contributed by atoms with Gasteiger partial charge in [0.15, 0.2) is 0 Å². The van der Waals surface area contributed by atoms with Gasteiger partial charge in [-0.3, -0.25) is 9.48 Å². The van der Waals surface area contributed by atoms with E-state index >= 15 is 0 Å². The minimum Gasteiger partial charge on any atom is -0.380 e. The number of amides is 1. The molecule has 1 unspecified atom stereocenters. The number of hydrogen-bond acceptors (Lipinski definition) is 6. The topological polar surface area (TPSA) is 95.1 Å². The van der Waals surface area contributed by atoms with Gasteiger partial charge in [-0.1, -0.05) is 24.2 Å². The standard InChI is InChI=1S/C21H25N5O3/c1-3-19-24-20(25-29-19)15-5-7-17-14(11-15)6-8-18(17)23-21(27)16-12-22-26(13-16)9-10-28-4-2/h5,7,11-13,18H,3-4,6,8-10H2,1-2H3,(H,23,27).